The van der Waals surface area contributed by atoms with Gasteiger partial charge in [0, 0.05) is 6.26 Å². The molecule has 12 heavy (non-hydrogen) atoms. The van der Waals surface area contributed by atoms with Crippen LogP contribution in [-0.2, 0) is 27.1 Å². The van der Waals surface area contributed by atoms with Crippen LogP contribution in [0, 0.1) is 6.07 Å². The van der Waals surface area contributed by atoms with Crippen molar-refractivity contribution in [3.8, 4) is 0 Å². The minimum atomic E-state index is -3.03. The van der Waals surface area contributed by atoms with Crippen LogP contribution in [-0.4, -0.2) is 14.7 Å². The van der Waals surface area contributed by atoms with Crippen molar-refractivity contribution >= 4 is 19.5 Å². The van der Waals surface area contributed by atoms with Gasteiger partial charge in [0.1, 0.15) is 9.84 Å². The molecule has 1 rings (SSSR count). The molecular formula is C7H7ClO2SZn. The third kappa shape index (κ3) is 4.19. The third-order valence-corrected chi connectivity index (χ3v) is 2.22. The monoisotopic (exact) mass is 254 g/mol. The summed E-state index contributed by atoms with van der Waals surface area (Å²) in [5.74, 6) is 0. The maximum atomic E-state index is 10.8. The van der Waals surface area contributed by atoms with Gasteiger partial charge in [-0.2, -0.15) is 30.3 Å². The van der Waals surface area contributed by atoms with Gasteiger partial charge in [0.05, 0.1) is 0 Å². The van der Waals surface area contributed by atoms with Gasteiger partial charge in [-0.3, -0.25) is 0 Å². The molecule has 0 aliphatic rings. The van der Waals surface area contributed by atoms with Crippen molar-refractivity contribution in [2.45, 2.75) is 4.90 Å². The molecule has 0 heterocycles. The van der Waals surface area contributed by atoms with Gasteiger partial charge in [-0.25, -0.2) is 8.42 Å². The van der Waals surface area contributed by atoms with E-state index in [4.69, 9.17) is 9.69 Å². The van der Waals surface area contributed by atoms with Crippen molar-refractivity contribution in [2.24, 2.45) is 0 Å². The predicted molar refractivity (Wildman–Crippen MR) is 44.2 cm³/mol. The van der Waals surface area contributed by atoms with Crippen molar-refractivity contribution in [3.63, 3.8) is 0 Å². The Morgan fingerprint density at radius 3 is 2.33 bits per heavy atom. The summed E-state index contributed by atoms with van der Waals surface area (Å²) in [5.41, 5.74) is 0. The molecule has 0 N–H and O–H groups in total. The Kier molecular flexibility index (Phi) is 5.72. The Hall–Kier alpha value is 0.0834. The Morgan fingerprint density at radius 1 is 1.50 bits per heavy atom. The molecule has 5 heteroatoms. The van der Waals surface area contributed by atoms with E-state index in [2.05, 4.69) is 6.07 Å². The van der Waals surface area contributed by atoms with Gasteiger partial charge in [-0.15, -0.1) is 0 Å². The molecule has 0 aromatic heterocycles. The van der Waals surface area contributed by atoms with E-state index in [0.29, 0.717) is 4.90 Å². The van der Waals surface area contributed by atoms with Crippen molar-refractivity contribution < 1.29 is 25.7 Å². The zero-order valence-electron chi connectivity index (χ0n) is 6.62. The van der Waals surface area contributed by atoms with E-state index in [1.54, 1.807) is 18.2 Å². The fourth-order valence-corrected chi connectivity index (χ4v) is 1.22. The maximum absolute atomic E-state index is 10.8. The summed E-state index contributed by atoms with van der Waals surface area (Å²) in [6.45, 7) is 0. The Morgan fingerprint density at radius 2 is 2.08 bits per heavy atom. The molecule has 0 fully saturated rings. The minimum absolute atomic E-state index is 0.315. The molecule has 0 bridgehead atoms. The van der Waals surface area contributed by atoms with E-state index in [1.165, 1.54) is 12.3 Å². The molecule has 0 amide bonds. The number of benzene rings is 1. The number of hydrogen-bond donors (Lipinski definition) is 0. The van der Waals surface area contributed by atoms with E-state index in [0.717, 1.165) is 17.3 Å². The van der Waals surface area contributed by atoms with E-state index in [1.807, 2.05) is 0 Å². The zero-order valence-corrected chi connectivity index (χ0v) is 11.2. The van der Waals surface area contributed by atoms with E-state index >= 15 is 0 Å². The quantitative estimate of drug-likeness (QED) is 0.564. The Bertz CT molecular complexity index is 309. The molecule has 0 saturated heterocycles. The molecule has 0 saturated carbocycles. The molecule has 0 radical (unpaired) electrons. The predicted octanol–water partition coefficient (Wildman–Crippen LogP) is 1.58. The second kappa shape index (κ2) is 5.68. The average molecular weight is 256 g/mol. The van der Waals surface area contributed by atoms with Crippen LogP contribution in [0.3, 0.4) is 0 Å². The van der Waals surface area contributed by atoms with Gasteiger partial charge in [-0.05, 0) is 4.90 Å². The van der Waals surface area contributed by atoms with Gasteiger partial charge in [0.15, 0.2) is 0 Å². The molecule has 1 aromatic carbocycles. The Balaban J connectivity index is 0.000000561. The van der Waals surface area contributed by atoms with E-state index < -0.39 is 9.84 Å². The van der Waals surface area contributed by atoms with Crippen LogP contribution >= 0.6 is 9.69 Å². The zero-order chi connectivity index (χ0) is 9.61. The number of halogens is 1. The van der Waals surface area contributed by atoms with Gasteiger partial charge in [0.2, 0.25) is 0 Å². The van der Waals surface area contributed by atoms with Gasteiger partial charge >= 0.3 is 27.0 Å². The van der Waals surface area contributed by atoms with Crippen LogP contribution in [0.1, 0.15) is 0 Å². The third-order valence-electron chi connectivity index (χ3n) is 1.11. The molecule has 0 unspecified atom stereocenters. The fourth-order valence-electron chi connectivity index (χ4n) is 0.608. The summed E-state index contributed by atoms with van der Waals surface area (Å²) in [6, 6.07) is 9.00. The van der Waals surface area contributed by atoms with Crippen LogP contribution in [0.2, 0.25) is 0 Å². The van der Waals surface area contributed by atoms with Gasteiger partial charge in [-0.1, -0.05) is 0 Å². The Labute approximate surface area is 86.6 Å². The summed E-state index contributed by atoms with van der Waals surface area (Å²) in [4.78, 5) is 0.315. The molecular weight excluding hydrogens is 249 g/mol. The average Bonchev–Trinajstić information content (AvgIpc) is 2.08. The normalized spacial score (nSPS) is 10.0. The van der Waals surface area contributed by atoms with Gasteiger partial charge in [0.25, 0.3) is 0 Å². The fraction of sp³-hybridized carbons (Fsp3) is 0.143. The SMILES string of the molecule is CS(=O)(=O)c1c[c-]ccc1.[Cl][Zn+]. The first-order chi connectivity index (χ1) is 5.61. The molecule has 0 spiro atoms. The van der Waals surface area contributed by atoms with Crippen molar-refractivity contribution in [3.05, 3.63) is 30.3 Å². The molecule has 62 valence electrons. The topological polar surface area (TPSA) is 34.1 Å². The van der Waals surface area contributed by atoms with Crippen LogP contribution in [0.25, 0.3) is 0 Å². The van der Waals surface area contributed by atoms with Crippen LogP contribution < -0.4 is 0 Å². The number of sulfone groups is 1. The second-order valence-corrected chi connectivity index (χ2v) is 4.03. The van der Waals surface area contributed by atoms with Crippen LogP contribution in [0.4, 0.5) is 0 Å². The summed E-state index contributed by atoms with van der Waals surface area (Å²) in [7, 11) is 1.73. The molecule has 1 aromatic rings. The van der Waals surface area contributed by atoms with Gasteiger partial charge < -0.3 is 0 Å². The van der Waals surface area contributed by atoms with Crippen molar-refractivity contribution in [2.75, 3.05) is 6.26 Å². The molecule has 2 nitrogen and oxygen atoms in total. The van der Waals surface area contributed by atoms with Crippen molar-refractivity contribution in [1.82, 2.24) is 0 Å². The summed E-state index contributed by atoms with van der Waals surface area (Å²) < 4.78 is 21.6. The van der Waals surface area contributed by atoms with Crippen molar-refractivity contribution in [1.29, 1.82) is 0 Å². The molecule has 0 aliphatic carbocycles. The van der Waals surface area contributed by atoms with E-state index in [-0.39, 0.29) is 0 Å². The molecule has 0 atom stereocenters. The standard InChI is InChI=1S/C7H7O2S.ClH.Zn/c1-10(8,9)7-5-3-2-4-6-7;;/h2-3,5-6H,1H3;1H;/q-1;;+2/p-1. The summed E-state index contributed by atoms with van der Waals surface area (Å²) in [5, 5.41) is 0. The van der Waals surface area contributed by atoms with Crippen LogP contribution in [0.15, 0.2) is 29.2 Å². The first-order valence-electron chi connectivity index (χ1n) is 3.03. The van der Waals surface area contributed by atoms with Crippen LogP contribution in [0.5, 0.6) is 0 Å². The number of hydrogen-bond acceptors (Lipinski definition) is 2. The van der Waals surface area contributed by atoms with E-state index in [9.17, 15) is 8.42 Å². The number of rotatable bonds is 1. The first kappa shape index (κ1) is 12.1. The molecule has 0 aliphatic heterocycles. The summed E-state index contributed by atoms with van der Waals surface area (Å²) in [6.07, 6.45) is 1.18. The first-order valence-corrected chi connectivity index (χ1v) is 8.82. The summed E-state index contributed by atoms with van der Waals surface area (Å²) >= 11 is 0.847. The second-order valence-electron chi connectivity index (χ2n) is 2.01.